The Morgan fingerprint density at radius 3 is 2.43 bits per heavy atom. The summed E-state index contributed by atoms with van der Waals surface area (Å²) in [5, 5.41) is 3.55. The number of nitrogens with zero attached hydrogens (tertiary/aromatic N) is 2. The van der Waals surface area contributed by atoms with Gasteiger partial charge in [0.25, 0.3) is 5.91 Å². The van der Waals surface area contributed by atoms with Crippen LogP contribution >= 0.6 is 11.6 Å². The van der Waals surface area contributed by atoms with Gasteiger partial charge in [0.05, 0.1) is 30.0 Å². The molecule has 2 fully saturated rings. The van der Waals surface area contributed by atoms with Gasteiger partial charge in [-0.2, -0.15) is 0 Å². The molecule has 3 aromatic rings. The molecule has 1 unspecified atom stereocenters. The smallest absolute Gasteiger partial charge is 0.338 e. The number of esters is 1. The number of aryl methyl sites for hydroxylation is 1. The Labute approximate surface area is 261 Å². The number of hydrogen-bond acceptors (Lipinski definition) is 7. The lowest BCUT2D eigenvalue weighted by Gasteiger charge is -2.47. The molecule has 0 radical (unpaired) electrons. The van der Waals surface area contributed by atoms with Gasteiger partial charge in [0.1, 0.15) is 5.82 Å². The molecule has 1 amide bonds. The molecule has 1 atom stereocenters. The first-order valence-corrected chi connectivity index (χ1v) is 15.4. The molecule has 1 saturated carbocycles. The van der Waals surface area contributed by atoms with Crippen molar-refractivity contribution in [3.63, 3.8) is 0 Å². The first kappa shape index (κ1) is 32.1. The number of carbonyl (C=O) groups excluding carboxylic acids is 3. The number of halogens is 2. The van der Waals surface area contributed by atoms with Crippen LogP contribution in [0.4, 0.5) is 10.1 Å². The lowest BCUT2D eigenvalue weighted by Crippen LogP contribution is -2.64. The van der Waals surface area contributed by atoms with Crippen molar-refractivity contribution < 1.29 is 33.0 Å². The van der Waals surface area contributed by atoms with Gasteiger partial charge in [-0.05, 0) is 62.3 Å². The minimum Gasteiger partial charge on any atom is -0.467 e. The van der Waals surface area contributed by atoms with E-state index in [1.54, 1.807) is 6.20 Å². The normalized spacial score (nSPS) is 18.2. The molecule has 44 heavy (non-hydrogen) atoms. The summed E-state index contributed by atoms with van der Waals surface area (Å²) in [5.41, 5.74) is -1.50. The van der Waals surface area contributed by atoms with E-state index < -0.39 is 34.8 Å². The second kappa shape index (κ2) is 13.4. The van der Waals surface area contributed by atoms with Gasteiger partial charge in [0.2, 0.25) is 5.72 Å². The first-order chi connectivity index (χ1) is 21.1. The molecule has 0 spiro atoms. The molecule has 0 bridgehead atoms. The summed E-state index contributed by atoms with van der Waals surface area (Å²) < 4.78 is 34.9. The number of nitrogens with one attached hydrogen (secondary N) is 1. The number of anilines is 1. The largest absolute Gasteiger partial charge is 0.467 e. The summed E-state index contributed by atoms with van der Waals surface area (Å²) in [5.74, 6) is -2.11. The SMILES string of the molecule is COCC(OC1(C(=O)OC)CCCCC1)(C(=O)Cc1cc(Cl)c(NC(=O)c2cn(C)c3ccccc23)cc1F)N1CCCC1. The van der Waals surface area contributed by atoms with E-state index in [4.69, 9.17) is 25.8 Å². The van der Waals surface area contributed by atoms with Gasteiger partial charge in [0.15, 0.2) is 11.4 Å². The van der Waals surface area contributed by atoms with E-state index in [-0.39, 0.29) is 29.3 Å². The van der Waals surface area contributed by atoms with Crippen molar-refractivity contribution in [2.75, 3.05) is 39.2 Å². The summed E-state index contributed by atoms with van der Waals surface area (Å²) in [6.07, 6.45) is 6.32. The average molecular weight is 628 g/mol. The monoisotopic (exact) mass is 627 g/mol. The molecule has 1 aliphatic carbocycles. The summed E-state index contributed by atoms with van der Waals surface area (Å²) in [7, 11) is 4.63. The number of amides is 1. The number of benzene rings is 2. The number of likely N-dealkylation sites (tertiary alicyclic amines) is 1. The fourth-order valence-electron chi connectivity index (χ4n) is 6.60. The maximum atomic E-state index is 15.6. The van der Waals surface area contributed by atoms with Crippen LogP contribution in [0.25, 0.3) is 10.9 Å². The third-order valence-corrected chi connectivity index (χ3v) is 9.16. The zero-order chi connectivity index (χ0) is 31.5. The number of para-hydroxylation sites is 1. The van der Waals surface area contributed by atoms with Crippen LogP contribution in [0, 0.1) is 5.82 Å². The molecule has 2 heterocycles. The molecule has 2 aliphatic rings. The lowest BCUT2D eigenvalue weighted by atomic mass is 9.83. The van der Waals surface area contributed by atoms with Crippen LogP contribution in [0.2, 0.25) is 5.02 Å². The van der Waals surface area contributed by atoms with Gasteiger partial charge in [-0.1, -0.05) is 36.2 Å². The fourth-order valence-corrected chi connectivity index (χ4v) is 6.83. The molecule has 2 aromatic carbocycles. The van der Waals surface area contributed by atoms with Crippen molar-refractivity contribution >= 4 is 45.9 Å². The number of Topliss-reactive ketones (excluding diaryl/α,β-unsaturated/α-hetero) is 1. The zero-order valence-electron chi connectivity index (χ0n) is 25.4. The number of aromatic nitrogens is 1. The summed E-state index contributed by atoms with van der Waals surface area (Å²) in [6.45, 7) is 0.989. The average Bonchev–Trinajstić information content (AvgIpc) is 3.68. The first-order valence-electron chi connectivity index (χ1n) is 15.0. The van der Waals surface area contributed by atoms with Crippen LogP contribution in [0.1, 0.15) is 60.9 Å². The number of methoxy groups -OCH3 is 2. The topological polar surface area (TPSA) is 99.1 Å². The van der Waals surface area contributed by atoms with E-state index in [9.17, 15) is 14.4 Å². The van der Waals surface area contributed by atoms with Gasteiger partial charge >= 0.3 is 5.97 Å². The highest BCUT2D eigenvalue weighted by molar-refractivity contribution is 6.34. The zero-order valence-corrected chi connectivity index (χ0v) is 26.2. The second-order valence-electron chi connectivity index (χ2n) is 11.7. The Balaban J connectivity index is 1.43. The summed E-state index contributed by atoms with van der Waals surface area (Å²) >= 11 is 6.56. The Morgan fingerprint density at radius 2 is 1.75 bits per heavy atom. The highest BCUT2D eigenvalue weighted by atomic mass is 35.5. The molecular formula is C33H39ClFN3O6. The lowest BCUT2D eigenvalue weighted by molar-refractivity contribution is -0.246. The summed E-state index contributed by atoms with van der Waals surface area (Å²) in [6, 6.07) is 9.95. The van der Waals surface area contributed by atoms with E-state index in [0.29, 0.717) is 31.5 Å². The van der Waals surface area contributed by atoms with Crippen LogP contribution in [0.15, 0.2) is 42.6 Å². The molecule has 236 valence electrons. The minimum absolute atomic E-state index is 0.0437. The molecule has 1 aliphatic heterocycles. The number of fused-ring (bicyclic) bond motifs is 1. The molecule has 1 aromatic heterocycles. The van der Waals surface area contributed by atoms with E-state index in [2.05, 4.69) is 5.32 Å². The molecule has 11 heteroatoms. The molecule has 9 nitrogen and oxygen atoms in total. The highest BCUT2D eigenvalue weighted by Crippen LogP contribution is 2.40. The van der Waals surface area contributed by atoms with Crippen molar-refractivity contribution in [1.82, 2.24) is 9.47 Å². The van der Waals surface area contributed by atoms with Crippen molar-refractivity contribution in [1.29, 1.82) is 0 Å². The number of ether oxygens (including phenoxy) is 3. The number of rotatable bonds is 11. The van der Waals surface area contributed by atoms with Crippen LogP contribution in [0.3, 0.4) is 0 Å². The standard InChI is InChI=1S/C33H39ClFN3O6/c1-37-20-24(23-11-5-6-12-28(23)37)30(40)36-27-19-26(35)22(17-25(27)34)18-29(39)33(21-42-2,38-15-9-10-16-38)44-32(31(41)43-3)13-7-4-8-14-32/h5-6,11-12,17,19-20H,4,7-10,13-16,18,21H2,1-3H3,(H,36,40). The van der Waals surface area contributed by atoms with Gasteiger partial charge < -0.3 is 24.1 Å². The Bertz CT molecular complexity index is 1550. The number of carbonyl (C=O) groups is 3. The maximum absolute atomic E-state index is 15.6. The van der Waals surface area contributed by atoms with Crippen molar-refractivity contribution in [3.8, 4) is 0 Å². The van der Waals surface area contributed by atoms with Gasteiger partial charge in [0, 0.05) is 50.8 Å². The predicted molar refractivity (Wildman–Crippen MR) is 165 cm³/mol. The fraction of sp³-hybridized carbons (Fsp3) is 0.485. The van der Waals surface area contributed by atoms with Crippen molar-refractivity contribution in [2.45, 2.75) is 62.7 Å². The third kappa shape index (κ3) is 6.13. The van der Waals surface area contributed by atoms with Crippen LogP contribution < -0.4 is 5.32 Å². The highest BCUT2D eigenvalue weighted by Gasteiger charge is 2.55. The number of ketones is 1. The van der Waals surface area contributed by atoms with E-state index in [0.717, 1.165) is 49.1 Å². The Morgan fingerprint density at radius 1 is 1.05 bits per heavy atom. The molecule has 5 rings (SSSR count). The van der Waals surface area contributed by atoms with Crippen LogP contribution in [0.5, 0.6) is 0 Å². The van der Waals surface area contributed by atoms with Gasteiger partial charge in [-0.25, -0.2) is 9.18 Å². The van der Waals surface area contributed by atoms with Gasteiger partial charge in [-0.3, -0.25) is 14.5 Å². The van der Waals surface area contributed by atoms with Crippen molar-refractivity contribution in [3.05, 3.63) is 64.6 Å². The third-order valence-electron chi connectivity index (χ3n) is 8.85. The Hall–Kier alpha value is -3.31. The minimum atomic E-state index is -1.63. The van der Waals surface area contributed by atoms with Crippen LogP contribution in [-0.2, 0) is 37.3 Å². The van der Waals surface area contributed by atoms with Crippen LogP contribution in [-0.4, -0.2) is 72.4 Å². The van der Waals surface area contributed by atoms with E-state index >= 15 is 4.39 Å². The predicted octanol–water partition coefficient (Wildman–Crippen LogP) is 5.67. The maximum Gasteiger partial charge on any atom is 0.338 e. The van der Waals surface area contributed by atoms with Crippen molar-refractivity contribution in [2.24, 2.45) is 7.05 Å². The summed E-state index contributed by atoms with van der Waals surface area (Å²) in [4.78, 5) is 42.5. The quantitative estimate of drug-likeness (QED) is 0.274. The molecular weight excluding hydrogens is 589 g/mol. The molecule has 1 N–H and O–H groups in total. The van der Waals surface area contributed by atoms with E-state index in [1.165, 1.54) is 20.3 Å². The molecule has 1 saturated heterocycles. The Kier molecular flexibility index (Phi) is 9.74. The van der Waals surface area contributed by atoms with Gasteiger partial charge in [-0.15, -0.1) is 0 Å². The number of hydrogen-bond donors (Lipinski definition) is 1. The second-order valence-corrected chi connectivity index (χ2v) is 12.1. The van der Waals surface area contributed by atoms with E-state index in [1.807, 2.05) is 40.8 Å².